The minimum Gasteiger partial charge on any atom is -0.480 e. The van der Waals surface area contributed by atoms with Crippen LogP contribution in [0.15, 0.2) is 48.8 Å². The fourth-order valence-corrected chi connectivity index (χ4v) is 1.75. The van der Waals surface area contributed by atoms with E-state index in [1.165, 1.54) is 0 Å². The first kappa shape index (κ1) is 16.0. The Bertz CT molecular complexity index is 748. The van der Waals surface area contributed by atoms with Crippen molar-refractivity contribution in [1.82, 2.24) is 10.3 Å². The quantitative estimate of drug-likeness (QED) is 0.805. The number of amides is 2. The molecule has 0 radical (unpaired) electrons. The number of aromatic nitrogens is 1. The number of para-hydroxylation sites is 1. The van der Waals surface area contributed by atoms with Crippen LogP contribution in [0.4, 0.5) is 0 Å². The van der Waals surface area contributed by atoms with Gasteiger partial charge in [-0.05, 0) is 24.3 Å². The van der Waals surface area contributed by atoms with Crippen molar-refractivity contribution < 1.29 is 14.3 Å². The van der Waals surface area contributed by atoms with E-state index in [9.17, 15) is 9.59 Å². The van der Waals surface area contributed by atoms with E-state index in [4.69, 9.17) is 10.5 Å². The number of ether oxygens (including phenoxy) is 1. The zero-order valence-electron chi connectivity index (χ0n) is 12.3. The molecule has 0 atom stereocenters. The number of nitrogens with one attached hydrogen (secondary N) is 1. The van der Waals surface area contributed by atoms with E-state index >= 15 is 0 Å². The van der Waals surface area contributed by atoms with E-state index in [0.717, 1.165) is 0 Å². The molecule has 0 aliphatic heterocycles. The van der Waals surface area contributed by atoms with Gasteiger partial charge in [0.15, 0.2) is 0 Å². The molecule has 2 amide bonds. The molecule has 2 aromatic rings. The van der Waals surface area contributed by atoms with E-state index < -0.39 is 5.91 Å². The summed E-state index contributed by atoms with van der Waals surface area (Å²) < 4.78 is 5.39. The highest BCUT2D eigenvalue weighted by Gasteiger charge is 2.07. The zero-order chi connectivity index (χ0) is 16.5. The third-order valence-corrected chi connectivity index (χ3v) is 2.86. The van der Waals surface area contributed by atoms with Crippen LogP contribution in [0.2, 0.25) is 0 Å². The molecule has 0 saturated carbocycles. The van der Waals surface area contributed by atoms with Gasteiger partial charge in [-0.3, -0.25) is 14.6 Å². The van der Waals surface area contributed by atoms with Gasteiger partial charge in [0.25, 0.3) is 11.8 Å². The SMILES string of the molecule is NC(=O)c1ccccc1OCC#CCNC(=O)c1ccncc1. The summed E-state index contributed by atoms with van der Waals surface area (Å²) in [5, 5.41) is 2.66. The molecule has 6 nitrogen and oxygen atoms in total. The molecular formula is C17H15N3O3. The van der Waals surface area contributed by atoms with Crippen LogP contribution in [0.25, 0.3) is 0 Å². The van der Waals surface area contributed by atoms with Gasteiger partial charge in [-0.25, -0.2) is 0 Å². The van der Waals surface area contributed by atoms with Crippen molar-refractivity contribution in [2.45, 2.75) is 0 Å². The molecule has 1 aromatic carbocycles. The van der Waals surface area contributed by atoms with Gasteiger partial charge in [0.2, 0.25) is 0 Å². The summed E-state index contributed by atoms with van der Waals surface area (Å²) in [6, 6.07) is 9.91. The second-order valence-corrected chi connectivity index (χ2v) is 4.42. The van der Waals surface area contributed by atoms with E-state index in [1.807, 2.05) is 0 Å². The number of pyridine rings is 1. The van der Waals surface area contributed by atoms with Crippen molar-refractivity contribution >= 4 is 11.8 Å². The molecule has 1 aromatic heterocycles. The molecule has 23 heavy (non-hydrogen) atoms. The maximum Gasteiger partial charge on any atom is 0.252 e. The van der Waals surface area contributed by atoms with Crippen LogP contribution in [0.3, 0.4) is 0 Å². The van der Waals surface area contributed by atoms with E-state index in [-0.39, 0.29) is 19.1 Å². The molecule has 0 spiro atoms. The minimum atomic E-state index is -0.557. The number of primary amides is 1. The Hall–Kier alpha value is -3.33. The molecule has 0 unspecified atom stereocenters. The summed E-state index contributed by atoms with van der Waals surface area (Å²) in [6.07, 6.45) is 3.09. The third kappa shape index (κ3) is 4.86. The summed E-state index contributed by atoms with van der Waals surface area (Å²) in [4.78, 5) is 26.8. The molecule has 6 heteroatoms. The highest BCUT2D eigenvalue weighted by Crippen LogP contribution is 2.16. The topological polar surface area (TPSA) is 94.3 Å². The predicted molar refractivity (Wildman–Crippen MR) is 84.8 cm³/mol. The van der Waals surface area contributed by atoms with Crippen molar-refractivity contribution in [3.63, 3.8) is 0 Å². The number of carbonyl (C=O) groups excluding carboxylic acids is 2. The number of rotatable bonds is 5. The fourth-order valence-electron chi connectivity index (χ4n) is 1.75. The van der Waals surface area contributed by atoms with Gasteiger partial charge in [0, 0.05) is 18.0 Å². The number of nitrogens with zero attached hydrogens (tertiary/aromatic N) is 1. The summed E-state index contributed by atoms with van der Waals surface area (Å²) in [5.41, 5.74) is 6.08. The molecule has 1 heterocycles. The van der Waals surface area contributed by atoms with Crippen LogP contribution in [0, 0.1) is 11.8 Å². The highest BCUT2D eigenvalue weighted by atomic mass is 16.5. The van der Waals surface area contributed by atoms with Crippen molar-refractivity contribution in [2.24, 2.45) is 5.73 Å². The smallest absolute Gasteiger partial charge is 0.252 e. The molecule has 0 bridgehead atoms. The Morgan fingerprint density at radius 2 is 1.87 bits per heavy atom. The summed E-state index contributed by atoms with van der Waals surface area (Å²) >= 11 is 0. The van der Waals surface area contributed by atoms with Crippen molar-refractivity contribution in [3.05, 3.63) is 59.9 Å². The fraction of sp³-hybridized carbons (Fsp3) is 0.118. The second kappa shape index (κ2) is 8.20. The number of carbonyl (C=O) groups is 2. The Kier molecular flexibility index (Phi) is 5.72. The van der Waals surface area contributed by atoms with Gasteiger partial charge < -0.3 is 15.8 Å². The van der Waals surface area contributed by atoms with Crippen molar-refractivity contribution in [1.29, 1.82) is 0 Å². The van der Waals surface area contributed by atoms with Crippen LogP contribution >= 0.6 is 0 Å². The van der Waals surface area contributed by atoms with Crippen LogP contribution in [-0.2, 0) is 0 Å². The van der Waals surface area contributed by atoms with E-state index in [1.54, 1.807) is 48.8 Å². The molecular weight excluding hydrogens is 294 g/mol. The molecule has 0 saturated heterocycles. The van der Waals surface area contributed by atoms with Crippen LogP contribution in [-0.4, -0.2) is 29.9 Å². The lowest BCUT2D eigenvalue weighted by atomic mass is 10.2. The third-order valence-electron chi connectivity index (χ3n) is 2.86. The largest absolute Gasteiger partial charge is 0.480 e. The minimum absolute atomic E-state index is 0.0927. The first-order valence-electron chi connectivity index (χ1n) is 6.84. The lowest BCUT2D eigenvalue weighted by Gasteiger charge is -2.05. The van der Waals surface area contributed by atoms with Crippen LogP contribution < -0.4 is 15.8 Å². The first-order valence-corrected chi connectivity index (χ1v) is 6.84. The van der Waals surface area contributed by atoms with Gasteiger partial charge in [-0.15, -0.1) is 0 Å². The normalized spacial score (nSPS) is 9.39. The molecule has 0 fully saturated rings. The van der Waals surface area contributed by atoms with Gasteiger partial charge in [-0.2, -0.15) is 0 Å². The second-order valence-electron chi connectivity index (χ2n) is 4.42. The first-order chi connectivity index (χ1) is 11.2. The molecule has 0 aliphatic rings. The molecule has 3 N–H and O–H groups in total. The standard InChI is InChI=1S/C17H15N3O3/c18-16(21)14-5-1-2-6-15(14)23-12-4-3-9-20-17(22)13-7-10-19-11-8-13/h1-2,5-8,10-11H,9,12H2,(H2,18,21)(H,20,22). The molecule has 0 aliphatic carbocycles. The number of hydrogen-bond acceptors (Lipinski definition) is 4. The maximum atomic E-state index is 11.7. The van der Waals surface area contributed by atoms with E-state index in [0.29, 0.717) is 16.9 Å². The van der Waals surface area contributed by atoms with Crippen LogP contribution in [0.1, 0.15) is 20.7 Å². The molecule has 2 rings (SSSR count). The Morgan fingerprint density at radius 1 is 1.13 bits per heavy atom. The zero-order valence-corrected chi connectivity index (χ0v) is 12.3. The number of nitrogens with two attached hydrogens (primary N) is 1. The average Bonchev–Trinajstić information content (AvgIpc) is 2.58. The van der Waals surface area contributed by atoms with E-state index in [2.05, 4.69) is 22.1 Å². The average molecular weight is 309 g/mol. The Balaban J connectivity index is 1.79. The number of hydrogen-bond donors (Lipinski definition) is 2. The van der Waals surface area contributed by atoms with Gasteiger partial charge >= 0.3 is 0 Å². The summed E-state index contributed by atoms with van der Waals surface area (Å²) in [6.45, 7) is 0.289. The lowest BCUT2D eigenvalue weighted by molar-refractivity contribution is 0.0956. The summed E-state index contributed by atoms with van der Waals surface area (Å²) in [5.74, 6) is 5.13. The van der Waals surface area contributed by atoms with Gasteiger partial charge in [-0.1, -0.05) is 24.0 Å². The van der Waals surface area contributed by atoms with Crippen molar-refractivity contribution in [3.8, 4) is 17.6 Å². The van der Waals surface area contributed by atoms with Gasteiger partial charge in [0.1, 0.15) is 12.4 Å². The Morgan fingerprint density at radius 3 is 2.61 bits per heavy atom. The summed E-state index contributed by atoms with van der Waals surface area (Å²) in [7, 11) is 0. The van der Waals surface area contributed by atoms with Gasteiger partial charge in [0.05, 0.1) is 12.1 Å². The molecule has 116 valence electrons. The number of benzene rings is 1. The Labute approximate surface area is 133 Å². The predicted octanol–water partition coefficient (Wildman–Crippen LogP) is 0.993. The maximum absolute atomic E-state index is 11.7. The highest BCUT2D eigenvalue weighted by molar-refractivity contribution is 5.95. The van der Waals surface area contributed by atoms with Crippen molar-refractivity contribution in [2.75, 3.05) is 13.2 Å². The lowest BCUT2D eigenvalue weighted by Crippen LogP contribution is -2.23. The monoisotopic (exact) mass is 309 g/mol. The van der Waals surface area contributed by atoms with Crippen LogP contribution in [0.5, 0.6) is 5.75 Å².